The van der Waals surface area contributed by atoms with Crippen molar-refractivity contribution in [1.29, 1.82) is 0 Å². The minimum absolute atomic E-state index is 0.250. The molecular formula is C14H17N3O3. The number of rotatable bonds is 6. The minimum Gasteiger partial charge on any atom is -0.464 e. The lowest BCUT2D eigenvalue weighted by molar-refractivity contribution is 0.0592. The van der Waals surface area contributed by atoms with Gasteiger partial charge in [0, 0.05) is 13.5 Å². The van der Waals surface area contributed by atoms with Crippen LogP contribution in [0.2, 0.25) is 0 Å². The van der Waals surface area contributed by atoms with E-state index in [0.717, 1.165) is 11.3 Å². The maximum Gasteiger partial charge on any atom is 0.360 e. The fourth-order valence-corrected chi connectivity index (χ4v) is 1.92. The van der Waals surface area contributed by atoms with E-state index in [9.17, 15) is 4.79 Å². The van der Waals surface area contributed by atoms with Gasteiger partial charge < -0.3 is 9.47 Å². The van der Waals surface area contributed by atoms with Crippen LogP contribution in [-0.4, -0.2) is 41.8 Å². The molecule has 0 bridgehead atoms. The molecule has 0 unspecified atom stereocenters. The summed E-state index contributed by atoms with van der Waals surface area (Å²) in [5.74, 6) is -0.476. The third-order valence-electron chi connectivity index (χ3n) is 2.93. The molecule has 0 atom stereocenters. The predicted molar refractivity (Wildman–Crippen MR) is 72.5 cm³/mol. The Hall–Kier alpha value is -2.21. The molecule has 0 N–H and O–H groups in total. The quantitative estimate of drug-likeness (QED) is 0.743. The van der Waals surface area contributed by atoms with Crippen LogP contribution >= 0.6 is 0 Å². The maximum atomic E-state index is 11.7. The average Bonchev–Trinajstić information content (AvgIpc) is 2.88. The Bertz CT molecular complexity index is 566. The van der Waals surface area contributed by atoms with E-state index in [1.165, 1.54) is 7.11 Å². The van der Waals surface area contributed by atoms with Crippen molar-refractivity contribution in [3.63, 3.8) is 0 Å². The zero-order chi connectivity index (χ0) is 14.4. The molecule has 6 nitrogen and oxygen atoms in total. The van der Waals surface area contributed by atoms with Gasteiger partial charge in [-0.2, -0.15) is 0 Å². The van der Waals surface area contributed by atoms with Gasteiger partial charge in [-0.1, -0.05) is 35.5 Å². The summed E-state index contributed by atoms with van der Waals surface area (Å²) >= 11 is 0. The second-order valence-electron chi connectivity index (χ2n) is 4.26. The molecule has 1 heterocycles. The van der Waals surface area contributed by atoms with E-state index >= 15 is 0 Å². The molecule has 0 saturated carbocycles. The van der Waals surface area contributed by atoms with Crippen LogP contribution in [0.1, 0.15) is 21.7 Å². The zero-order valence-corrected chi connectivity index (χ0v) is 11.6. The summed E-state index contributed by atoms with van der Waals surface area (Å²) in [5, 5.41) is 7.96. The van der Waals surface area contributed by atoms with Gasteiger partial charge in [0.1, 0.15) is 0 Å². The van der Waals surface area contributed by atoms with Gasteiger partial charge in [-0.3, -0.25) is 0 Å². The number of carbonyl (C=O) groups is 1. The fraction of sp³-hybridized carbons (Fsp3) is 0.357. The largest absolute Gasteiger partial charge is 0.464 e. The van der Waals surface area contributed by atoms with E-state index in [0.29, 0.717) is 19.6 Å². The van der Waals surface area contributed by atoms with Gasteiger partial charge in [0.15, 0.2) is 5.69 Å². The van der Waals surface area contributed by atoms with Crippen LogP contribution in [0.4, 0.5) is 0 Å². The molecule has 6 heteroatoms. The molecule has 106 valence electrons. The topological polar surface area (TPSA) is 66.2 Å². The number of hydrogen-bond donors (Lipinski definition) is 0. The molecule has 20 heavy (non-hydrogen) atoms. The minimum atomic E-state index is -0.476. The Kier molecular flexibility index (Phi) is 4.84. The van der Waals surface area contributed by atoms with Gasteiger partial charge in [-0.25, -0.2) is 9.48 Å². The van der Waals surface area contributed by atoms with Crippen molar-refractivity contribution in [3.05, 3.63) is 47.3 Å². The lowest BCUT2D eigenvalue weighted by atomic mass is 10.2. The molecule has 0 aliphatic heterocycles. The van der Waals surface area contributed by atoms with Gasteiger partial charge in [0.05, 0.1) is 26.0 Å². The van der Waals surface area contributed by atoms with Crippen LogP contribution < -0.4 is 0 Å². The van der Waals surface area contributed by atoms with Gasteiger partial charge in [0.2, 0.25) is 0 Å². The van der Waals surface area contributed by atoms with Gasteiger partial charge >= 0.3 is 5.97 Å². The number of esters is 1. The van der Waals surface area contributed by atoms with E-state index < -0.39 is 5.97 Å². The summed E-state index contributed by atoms with van der Waals surface area (Å²) < 4.78 is 11.5. The number of carbonyl (C=O) groups excluding carboxylic acids is 1. The lowest BCUT2D eigenvalue weighted by Crippen LogP contribution is -2.12. The van der Waals surface area contributed by atoms with Crippen molar-refractivity contribution < 1.29 is 14.3 Å². The lowest BCUT2D eigenvalue weighted by Gasteiger charge is -2.07. The van der Waals surface area contributed by atoms with Crippen LogP contribution in [0.5, 0.6) is 0 Å². The molecule has 1 aromatic carbocycles. The molecule has 0 saturated heterocycles. The first kappa shape index (κ1) is 14.2. The van der Waals surface area contributed by atoms with Gasteiger partial charge in [-0.05, 0) is 5.56 Å². The van der Waals surface area contributed by atoms with E-state index in [1.54, 1.807) is 11.8 Å². The third kappa shape index (κ3) is 3.21. The molecule has 0 amide bonds. The highest BCUT2D eigenvalue weighted by Gasteiger charge is 2.20. The number of hydrogen-bond acceptors (Lipinski definition) is 5. The Balaban J connectivity index is 2.27. The molecule has 2 rings (SSSR count). The summed E-state index contributed by atoms with van der Waals surface area (Å²) in [6.07, 6.45) is 0.556. The number of nitrogens with zero attached hydrogens (tertiary/aromatic N) is 3. The summed E-state index contributed by atoms with van der Waals surface area (Å²) in [6, 6.07) is 9.88. The highest BCUT2D eigenvalue weighted by Crippen LogP contribution is 2.11. The van der Waals surface area contributed by atoms with E-state index in [-0.39, 0.29) is 5.69 Å². The Morgan fingerprint density at radius 1 is 1.25 bits per heavy atom. The molecule has 1 aromatic heterocycles. The van der Waals surface area contributed by atoms with Gasteiger partial charge in [0.25, 0.3) is 0 Å². The summed E-state index contributed by atoms with van der Waals surface area (Å²) in [4.78, 5) is 11.7. The molecule has 0 aliphatic rings. The zero-order valence-electron chi connectivity index (χ0n) is 11.6. The highest BCUT2D eigenvalue weighted by molar-refractivity contribution is 5.88. The van der Waals surface area contributed by atoms with Crippen molar-refractivity contribution in [2.45, 2.75) is 13.0 Å². The smallest absolute Gasteiger partial charge is 0.360 e. The third-order valence-corrected chi connectivity index (χ3v) is 2.93. The van der Waals surface area contributed by atoms with E-state index in [4.69, 9.17) is 9.47 Å². The first-order valence-electron chi connectivity index (χ1n) is 6.29. The van der Waals surface area contributed by atoms with E-state index in [2.05, 4.69) is 10.3 Å². The van der Waals surface area contributed by atoms with Crippen molar-refractivity contribution in [1.82, 2.24) is 15.0 Å². The van der Waals surface area contributed by atoms with Crippen LogP contribution in [0, 0.1) is 0 Å². The number of benzene rings is 1. The van der Waals surface area contributed by atoms with Crippen LogP contribution in [0.15, 0.2) is 30.3 Å². The fourth-order valence-electron chi connectivity index (χ4n) is 1.92. The second kappa shape index (κ2) is 6.81. The normalized spacial score (nSPS) is 10.5. The monoisotopic (exact) mass is 275 g/mol. The Morgan fingerprint density at radius 3 is 2.65 bits per heavy atom. The van der Waals surface area contributed by atoms with Crippen LogP contribution in [0.25, 0.3) is 0 Å². The standard InChI is InChI=1S/C14H17N3O3/c1-19-9-8-12-13(14(18)20-2)15-16-17(12)10-11-6-4-3-5-7-11/h3-7H,8-10H2,1-2H3. The van der Waals surface area contributed by atoms with Crippen LogP contribution in [0.3, 0.4) is 0 Å². The summed E-state index contributed by atoms with van der Waals surface area (Å²) in [7, 11) is 2.95. The van der Waals surface area contributed by atoms with Crippen molar-refractivity contribution in [3.8, 4) is 0 Å². The highest BCUT2D eigenvalue weighted by atomic mass is 16.5. The Labute approximate surface area is 117 Å². The second-order valence-corrected chi connectivity index (χ2v) is 4.26. The Morgan fingerprint density at radius 2 is 2.00 bits per heavy atom. The molecule has 0 radical (unpaired) electrons. The maximum absolute atomic E-state index is 11.7. The predicted octanol–water partition coefficient (Wildman–Crippen LogP) is 1.30. The molecular weight excluding hydrogens is 258 g/mol. The number of methoxy groups -OCH3 is 2. The SMILES string of the molecule is COCCc1c(C(=O)OC)nnn1Cc1ccccc1. The molecule has 0 aliphatic carbocycles. The van der Waals surface area contributed by atoms with Gasteiger partial charge in [-0.15, -0.1) is 5.10 Å². The van der Waals surface area contributed by atoms with Crippen LogP contribution in [-0.2, 0) is 22.4 Å². The van der Waals surface area contributed by atoms with E-state index in [1.807, 2.05) is 30.3 Å². The molecule has 0 spiro atoms. The number of ether oxygens (including phenoxy) is 2. The first-order chi connectivity index (χ1) is 9.76. The van der Waals surface area contributed by atoms with Crippen molar-refractivity contribution in [2.75, 3.05) is 20.8 Å². The molecule has 2 aromatic rings. The molecule has 0 fully saturated rings. The van der Waals surface area contributed by atoms with Crippen molar-refractivity contribution in [2.24, 2.45) is 0 Å². The van der Waals surface area contributed by atoms with Crippen molar-refractivity contribution >= 4 is 5.97 Å². The summed E-state index contributed by atoms with van der Waals surface area (Å²) in [6.45, 7) is 1.05. The first-order valence-corrected chi connectivity index (χ1v) is 6.29. The summed E-state index contributed by atoms with van der Waals surface area (Å²) in [5.41, 5.74) is 2.07. The average molecular weight is 275 g/mol. The number of aromatic nitrogens is 3.